The predicted molar refractivity (Wildman–Crippen MR) is 280 cm³/mol. The number of aromatic nitrogens is 4. The Morgan fingerprint density at radius 1 is 0.354 bits per heavy atom. The lowest BCUT2D eigenvalue weighted by Crippen LogP contribution is -3.00. The summed E-state index contributed by atoms with van der Waals surface area (Å²) in [4.78, 5) is 2.89. The number of unbranched alkanes of at least 4 members (excludes halogenated alkanes) is 37. The van der Waals surface area contributed by atoms with Gasteiger partial charge in [-0.2, -0.15) is 0 Å². The standard InChI is InChI=1S/C55H109N2.C4H6N2.2ClH/c1-5-8-11-14-17-20-23-26-27-28-29-32-35-38-41-44-49-55(57-52-51-56(4)53-57)50-45-48-54(46-42-39-36-33-30-24-21-18-15-12-9-6-2)47-43-40-37-34-31-25-22-19-16-13-10-7-3;1-6-3-2-5-4-6;;/h51-55H,5-50H2,1-4H3;2-4H,1H3;2*1H/q+1;;;/p-1. The van der Waals surface area contributed by atoms with Crippen LogP contribution < -0.4 is 33.9 Å². The maximum Gasteiger partial charge on any atom is 0.243 e. The maximum absolute atomic E-state index is 2.89. The van der Waals surface area contributed by atoms with Gasteiger partial charge in [-0.1, -0.05) is 290 Å². The molecule has 2 rings (SSSR count). The first-order valence-corrected chi connectivity index (χ1v) is 29.1. The summed E-state index contributed by atoms with van der Waals surface area (Å²) < 4.78 is 6.77. The second kappa shape index (κ2) is 53.9. The van der Waals surface area contributed by atoms with Crippen LogP contribution in [0.1, 0.15) is 322 Å². The number of nitrogens with one attached hydrogen (secondary N) is 1. The lowest BCUT2D eigenvalue weighted by atomic mass is 9.88. The predicted octanol–water partition coefficient (Wildman–Crippen LogP) is 13.3. The van der Waals surface area contributed by atoms with E-state index in [1.165, 1.54) is 295 Å². The number of nitrogens with zero attached hydrogens (tertiary/aromatic N) is 3. The van der Waals surface area contributed by atoms with Gasteiger partial charge in [-0.3, -0.25) is 4.98 Å². The van der Waals surface area contributed by atoms with E-state index >= 15 is 0 Å². The van der Waals surface area contributed by atoms with E-state index in [1.54, 1.807) is 0 Å². The highest BCUT2D eigenvalue weighted by atomic mass is 35.5. The molecule has 0 aliphatic rings. The smallest absolute Gasteiger partial charge is 0.243 e. The van der Waals surface area contributed by atoms with Gasteiger partial charge in [-0.25, -0.2) is 13.7 Å². The quantitative estimate of drug-likeness (QED) is 0.0506. The number of imidazole rings is 2. The van der Waals surface area contributed by atoms with Crippen LogP contribution >= 0.6 is 0 Å². The van der Waals surface area contributed by atoms with Crippen LogP contribution in [0.3, 0.4) is 0 Å². The van der Waals surface area contributed by atoms with E-state index in [1.807, 2.05) is 30.3 Å². The molecule has 0 fully saturated rings. The van der Waals surface area contributed by atoms with Crippen molar-refractivity contribution in [2.45, 2.75) is 322 Å². The van der Waals surface area contributed by atoms with Crippen LogP contribution in [0.15, 0.2) is 37.4 Å². The van der Waals surface area contributed by atoms with Gasteiger partial charge in [0, 0.05) is 0 Å². The van der Waals surface area contributed by atoms with Crippen LogP contribution in [-0.4, -0.2) is 9.55 Å². The summed E-state index contributed by atoms with van der Waals surface area (Å²) in [5.41, 5.74) is 0. The number of H-pyrrole nitrogens is 1. The van der Waals surface area contributed by atoms with E-state index in [0.29, 0.717) is 6.04 Å². The highest BCUT2D eigenvalue weighted by molar-refractivity contribution is 4.76. The summed E-state index contributed by atoms with van der Waals surface area (Å²) in [5.74, 6) is 0.966. The molecule has 0 aromatic carbocycles. The molecule has 1 unspecified atom stereocenters. The number of hydrogen-bond donors (Lipinski definition) is 1. The molecule has 65 heavy (non-hydrogen) atoms. The second-order valence-electron chi connectivity index (χ2n) is 20.7. The van der Waals surface area contributed by atoms with Crippen molar-refractivity contribution in [3.8, 4) is 0 Å². The third-order valence-electron chi connectivity index (χ3n) is 14.4. The van der Waals surface area contributed by atoms with E-state index in [-0.39, 0.29) is 24.8 Å². The number of halogens is 2. The summed E-state index contributed by atoms with van der Waals surface area (Å²) in [6, 6.07) is 0.691. The van der Waals surface area contributed by atoms with E-state index in [2.05, 4.69) is 60.7 Å². The zero-order chi connectivity index (χ0) is 45.4. The first-order valence-electron chi connectivity index (χ1n) is 29.1. The minimum atomic E-state index is 0. The van der Waals surface area contributed by atoms with Gasteiger partial charge in [0.15, 0.2) is 0 Å². The first kappa shape index (κ1) is 66.1. The van der Waals surface area contributed by atoms with Gasteiger partial charge in [-0.15, -0.1) is 0 Å². The monoisotopic (exact) mass is 951 g/mol. The van der Waals surface area contributed by atoms with Crippen LogP contribution in [0.4, 0.5) is 0 Å². The Kier molecular flexibility index (Phi) is 54.8. The minimum absolute atomic E-state index is 0. The van der Waals surface area contributed by atoms with Crippen LogP contribution in [-0.2, 0) is 14.1 Å². The summed E-state index contributed by atoms with van der Waals surface area (Å²) >= 11 is 0. The molecule has 2 aromatic rings. The van der Waals surface area contributed by atoms with E-state index in [9.17, 15) is 0 Å². The molecule has 0 aliphatic heterocycles. The van der Waals surface area contributed by atoms with Crippen LogP contribution in [0.2, 0.25) is 0 Å². The zero-order valence-electron chi connectivity index (χ0n) is 44.7. The summed E-state index contributed by atoms with van der Waals surface area (Å²) in [6.45, 7) is 6.97. The highest BCUT2D eigenvalue weighted by Gasteiger charge is 2.18. The maximum atomic E-state index is 2.89. The molecular formula is C59H116Cl2N4. The Balaban J connectivity index is 0. The van der Waals surface area contributed by atoms with Crippen molar-refractivity contribution in [1.82, 2.24) is 9.55 Å². The molecule has 0 radical (unpaired) electrons. The summed E-state index contributed by atoms with van der Waals surface area (Å²) in [5, 5.41) is 0. The van der Waals surface area contributed by atoms with Crippen LogP contribution in [0, 0.1) is 5.92 Å². The lowest BCUT2D eigenvalue weighted by molar-refractivity contribution is -0.671. The fraction of sp³-hybridized carbons (Fsp3) is 0.898. The average molecular weight is 953 g/mol. The fourth-order valence-corrected chi connectivity index (χ4v) is 10.0. The van der Waals surface area contributed by atoms with Crippen molar-refractivity contribution in [1.29, 1.82) is 0 Å². The largest absolute Gasteiger partial charge is 1.00 e. The molecule has 6 heteroatoms. The van der Waals surface area contributed by atoms with Gasteiger partial charge in [0.05, 0.1) is 14.1 Å². The molecule has 1 atom stereocenters. The Morgan fingerprint density at radius 3 is 0.908 bits per heavy atom. The molecule has 2 heterocycles. The number of aromatic amines is 1. The third-order valence-corrected chi connectivity index (χ3v) is 14.4. The lowest BCUT2D eigenvalue weighted by Gasteiger charge is -2.19. The Hall–Kier alpha value is -1.00. The number of hydrogen-bond acceptors (Lipinski definition) is 0. The van der Waals surface area contributed by atoms with Gasteiger partial charge in [0.2, 0.25) is 12.7 Å². The van der Waals surface area contributed by atoms with Gasteiger partial charge < -0.3 is 24.8 Å². The van der Waals surface area contributed by atoms with Gasteiger partial charge in [-0.05, 0) is 31.6 Å². The molecule has 0 saturated carbocycles. The van der Waals surface area contributed by atoms with Crippen molar-refractivity contribution in [2.75, 3.05) is 0 Å². The van der Waals surface area contributed by atoms with Gasteiger partial charge in [0.1, 0.15) is 30.8 Å². The highest BCUT2D eigenvalue weighted by Crippen LogP contribution is 2.28. The molecular weight excluding hydrogens is 836 g/mol. The zero-order valence-corrected chi connectivity index (χ0v) is 46.3. The van der Waals surface area contributed by atoms with Crippen molar-refractivity contribution in [3.05, 3.63) is 37.4 Å². The van der Waals surface area contributed by atoms with E-state index in [0.717, 1.165) is 5.92 Å². The van der Waals surface area contributed by atoms with Crippen LogP contribution in [0.5, 0.6) is 0 Å². The molecule has 0 amide bonds. The van der Waals surface area contributed by atoms with Gasteiger partial charge in [0.25, 0.3) is 0 Å². The summed E-state index contributed by atoms with van der Waals surface area (Å²) in [7, 11) is 4.16. The Bertz CT molecular complexity index is 1090. The molecule has 0 aliphatic carbocycles. The number of rotatable bonds is 48. The molecule has 1 N–H and O–H groups in total. The fourth-order valence-electron chi connectivity index (χ4n) is 10.0. The topological polar surface area (TPSA) is 28.5 Å². The molecule has 0 saturated heterocycles. The average Bonchev–Trinajstić information content (AvgIpc) is 3.96. The molecule has 0 bridgehead atoms. The van der Waals surface area contributed by atoms with E-state index in [4.69, 9.17) is 0 Å². The molecule has 2 aromatic heterocycles. The Morgan fingerprint density at radius 2 is 0.646 bits per heavy atom. The van der Waals surface area contributed by atoms with Crippen LogP contribution in [0.25, 0.3) is 0 Å². The van der Waals surface area contributed by atoms with Crippen molar-refractivity contribution in [2.24, 2.45) is 20.0 Å². The Labute approximate surface area is 421 Å². The number of aryl methyl sites for hydroxylation is 2. The van der Waals surface area contributed by atoms with E-state index < -0.39 is 0 Å². The molecule has 0 spiro atoms. The second-order valence-corrected chi connectivity index (χ2v) is 20.7. The van der Waals surface area contributed by atoms with Crippen molar-refractivity contribution < 1.29 is 33.9 Å². The van der Waals surface area contributed by atoms with Gasteiger partial charge >= 0.3 is 0 Å². The molecule has 4 nitrogen and oxygen atoms in total. The summed E-state index contributed by atoms with van der Waals surface area (Å²) in [6.07, 6.45) is 79.7. The van der Waals surface area contributed by atoms with Crippen molar-refractivity contribution >= 4 is 0 Å². The SMILES string of the molecule is CCCCCCCCCCCCCCCCCCC(CCCC(CCCCCCCCCCCCCC)CCCCCCCCCCCCCC)n1cc[n+](C)c1.C[n+]1cc[nH]c1.[Cl-].[Cl-]. The first-order chi connectivity index (χ1) is 31.1. The molecule has 386 valence electrons. The normalized spacial score (nSPS) is 11.7. The minimum Gasteiger partial charge on any atom is -1.00 e. The van der Waals surface area contributed by atoms with Crippen molar-refractivity contribution in [3.63, 3.8) is 0 Å². The third kappa shape index (κ3) is 46.5.